The predicted octanol–water partition coefficient (Wildman–Crippen LogP) is 6.64. The maximum absolute atomic E-state index is 14.7. The Bertz CT molecular complexity index is 2530. The molecule has 0 spiro atoms. The van der Waals surface area contributed by atoms with Gasteiger partial charge in [-0.3, -0.25) is 9.59 Å². The number of hydrogen-bond donors (Lipinski definition) is 3. The molecule has 10 rings (SSSR count). The molecule has 0 bridgehead atoms. The van der Waals surface area contributed by atoms with E-state index in [1.807, 2.05) is 53.8 Å². The molecule has 4 fully saturated rings. The predicted molar refractivity (Wildman–Crippen MR) is 227 cm³/mol. The van der Waals surface area contributed by atoms with Crippen LogP contribution in [0.2, 0.25) is 5.15 Å². The van der Waals surface area contributed by atoms with Gasteiger partial charge in [-0.2, -0.15) is 0 Å². The summed E-state index contributed by atoms with van der Waals surface area (Å²) in [7, 11) is 0. The Morgan fingerprint density at radius 2 is 1.18 bits per heavy atom. The number of carbonyl (C=O) groups excluding carboxylic acids is 2. The molecule has 2 amide bonds. The van der Waals surface area contributed by atoms with Gasteiger partial charge in [0.15, 0.2) is 11.3 Å². The fourth-order valence-electron chi connectivity index (χ4n) is 7.33. The largest absolute Gasteiger partial charge is 0.349 e. The van der Waals surface area contributed by atoms with Crippen molar-refractivity contribution in [3.05, 3.63) is 88.9 Å². The number of hydrogen-bond acceptors (Lipinski definition) is 12. The van der Waals surface area contributed by atoms with E-state index in [9.17, 15) is 18.4 Å². The zero-order chi connectivity index (χ0) is 42.9. The standard InChI is InChI=1S/C21H24FN7O.C13H11ClN6O.C8H14FN/c1-13-9-28-10-17(26-14(2)19(28)25-13)27-20(30)16-7-24-18(8-23-16)29-11-21(22,12-29)6-5-15-3-4-15;1-7-5-20-6-11(18-8(2)12(20)17-7)19-13(21)9-3-16-10(14)4-15-9;9-8(5-10-6-8)4-3-7-1-2-7/h7-10,15H,3-6,11-12H2,1-2H3,(H,27,30);3-6H,1-2H3,(H,19,21);7,10H,1-6H2. The fourth-order valence-corrected chi connectivity index (χ4v) is 7.43. The number of aromatic nitrogens is 10. The van der Waals surface area contributed by atoms with Gasteiger partial charge in [0.05, 0.1) is 73.0 Å². The second kappa shape index (κ2) is 17.3. The molecule has 0 atom stereocenters. The number of alkyl halides is 2. The van der Waals surface area contributed by atoms with E-state index in [0.29, 0.717) is 50.1 Å². The summed E-state index contributed by atoms with van der Waals surface area (Å²) in [6.07, 6.45) is 21.4. The van der Waals surface area contributed by atoms with Crippen LogP contribution < -0.4 is 20.9 Å². The van der Waals surface area contributed by atoms with Crippen LogP contribution in [0.4, 0.5) is 26.2 Å². The van der Waals surface area contributed by atoms with Crippen LogP contribution in [0.1, 0.15) is 95.1 Å². The third kappa shape index (κ3) is 10.6. The molecule has 320 valence electrons. The number of halogens is 3. The van der Waals surface area contributed by atoms with Gasteiger partial charge < -0.3 is 29.7 Å². The van der Waals surface area contributed by atoms with Crippen molar-refractivity contribution in [2.45, 2.75) is 90.4 Å². The smallest absolute Gasteiger partial charge is 0.277 e. The highest BCUT2D eigenvalue weighted by Gasteiger charge is 2.45. The lowest BCUT2D eigenvalue weighted by Gasteiger charge is -2.45. The van der Waals surface area contributed by atoms with Gasteiger partial charge in [0, 0.05) is 25.5 Å². The van der Waals surface area contributed by atoms with Crippen LogP contribution >= 0.6 is 11.6 Å². The molecule has 2 aliphatic carbocycles. The molecular formula is C42H49ClF2N14O2. The Morgan fingerprint density at radius 3 is 1.61 bits per heavy atom. The number of amides is 2. The molecule has 0 radical (unpaired) electrons. The van der Waals surface area contributed by atoms with Crippen LogP contribution in [0, 0.1) is 39.5 Å². The molecule has 0 unspecified atom stereocenters. The van der Waals surface area contributed by atoms with Crippen molar-refractivity contribution in [1.29, 1.82) is 0 Å². The van der Waals surface area contributed by atoms with Gasteiger partial charge in [-0.1, -0.05) is 37.3 Å². The van der Waals surface area contributed by atoms with E-state index in [1.54, 1.807) is 12.4 Å². The molecule has 2 saturated carbocycles. The number of nitrogens with zero attached hydrogens (tertiary/aromatic N) is 11. The van der Waals surface area contributed by atoms with Crippen LogP contribution in [0.25, 0.3) is 11.3 Å². The molecule has 3 N–H and O–H groups in total. The topological polar surface area (TPSA) is 185 Å². The first-order valence-electron chi connectivity index (χ1n) is 20.6. The third-order valence-corrected chi connectivity index (χ3v) is 11.4. The first-order valence-corrected chi connectivity index (χ1v) is 21.0. The molecule has 2 aliphatic heterocycles. The summed E-state index contributed by atoms with van der Waals surface area (Å²) in [5.74, 6) is 2.24. The van der Waals surface area contributed by atoms with Gasteiger partial charge >= 0.3 is 0 Å². The van der Waals surface area contributed by atoms with Crippen molar-refractivity contribution in [3.63, 3.8) is 0 Å². The summed E-state index contributed by atoms with van der Waals surface area (Å²) in [5, 5.41) is 8.63. The Morgan fingerprint density at radius 1 is 0.689 bits per heavy atom. The van der Waals surface area contributed by atoms with E-state index in [2.05, 4.69) is 55.8 Å². The van der Waals surface area contributed by atoms with Crippen molar-refractivity contribution in [2.24, 2.45) is 11.8 Å². The lowest BCUT2D eigenvalue weighted by atomic mass is 9.90. The summed E-state index contributed by atoms with van der Waals surface area (Å²) in [4.78, 5) is 60.1. The van der Waals surface area contributed by atoms with E-state index in [4.69, 9.17) is 11.6 Å². The number of anilines is 3. The Labute approximate surface area is 356 Å². The first kappa shape index (κ1) is 42.0. The zero-order valence-corrected chi connectivity index (χ0v) is 35.4. The average molecular weight is 855 g/mol. The van der Waals surface area contributed by atoms with Gasteiger partial charge in [-0.15, -0.1) is 0 Å². The highest BCUT2D eigenvalue weighted by molar-refractivity contribution is 6.29. The van der Waals surface area contributed by atoms with Gasteiger partial charge in [0.25, 0.3) is 11.8 Å². The summed E-state index contributed by atoms with van der Waals surface area (Å²) in [6.45, 7) is 9.35. The minimum atomic E-state index is -1.12. The molecule has 4 aliphatic rings. The Balaban J connectivity index is 0.000000143. The lowest BCUT2D eigenvalue weighted by molar-refractivity contribution is 0.0762. The second-order valence-electron chi connectivity index (χ2n) is 16.8. The third-order valence-electron chi connectivity index (χ3n) is 11.2. The summed E-state index contributed by atoms with van der Waals surface area (Å²) in [5.41, 5.74) is 3.13. The van der Waals surface area contributed by atoms with E-state index in [0.717, 1.165) is 65.2 Å². The second-order valence-corrected chi connectivity index (χ2v) is 17.2. The van der Waals surface area contributed by atoms with Crippen molar-refractivity contribution < 1.29 is 18.4 Å². The van der Waals surface area contributed by atoms with E-state index in [1.165, 1.54) is 50.5 Å². The summed E-state index contributed by atoms with van der Waals surface area (Å²) >= 11 is 5.64. The molecule has 6 aromatic rings. The fraction of sp³-hybridized carbons (Fsp3) is 0.476. The normalized spacial score (nSPS) is 17.3. The van der Waals surface area contributed by atoms with Crippen molar-refractivity contribution in [2.75, 3.05) is 41.7 Å². The van der Waals surface area contributed by atoms with Gasteiger partial charge in [-0.05, 0) is 65.2 Å². The Kier molecular flexibility index (Phi) is 11.9. The van der Waals surface area contributed by atoms with Gasteiger partial charge in [0.2, 0.25) is 0 Å². The SMILES string of the molecule is Cc1cn2cc(NC(=O)c3cnc(Cl)cn3)nc(C)c2n1.Cc1cn2cc(NC(=O)c3cnc(N4CC(F)(CCC5CC5)C4)cn3)nc(C)c2n1.FC1(CCC2CC2)CNC1. The van der Waals surface area contributed by atoms with Crippen molar-refractivity contribution in [3.8, 4) is 0 Å². The van der Waals surface area contributed by atoms with Crippen LogP contribution in [0.3, 0.4) is 0 Å². The quantitative estimate of drug-likeness (QED) is 0.126. The molecule has 2 saturated heterocycles. The van der Waals surface area contributed by atoms with E-state index >= 15 is 0 Å². The van der Waals surface area contributed by atoms with Crippen LogP contribution in [0.5, 0.6) is 0 Å². The minimum Gasteiger partial charge on any atom is -0.349 e. The van der Waals surface area contributed by atoms with Gasteiger partial charge in [-0.25, -0.2) is 48.7 Å². The lowest BCUT2D eigenvalue weighted by Crippen LogP contribution is -2.59. The molecule has 19 heteroatoms. The molecule has 16 nitrogen and oxygen atoms in total. The molecule has 61 heavy (non-hydrogen) atoms. The van der Waals surface area contributed by atoms with Crippen LogP contribution in [-0.4, -0.2) is 98.0 Å². The van der Waals surface area contributed by atoms with Crippen molar-refractivity contribution >= 4 is 52.2 Å². The highest BCUT2D eigenvalue weighted by Crippen LogP contribution is 2.40. The number of fused-ring (bicyclic) bond motifs is 2. The Hall–Kier alpha value is -5.75. The number of nitrogens with one attached hydrogen (secondary N) is 3. The summed E-state index contributed by atoms with van der Waals surface area (Å²) in [6, 6.07) is 0. The number of imidazole rings is 2. The number of rotatable bonds is 11. The summed E-state index contributed by atoms with van der Waals surface area (Å²) < 4.78 is 31.5. The van der Waals surface area contributed by atoms with Gasteiger partial charge in [0.1, 0.15) is 45.3 Å². The maximum Gasteiger partial charge on any atom is 0.277 e. The van der Waals surface area contributed by atoms with E-state index in [-0.39, 0.29) is 16.5 Å². The number of carbonyl (C=O) groups is 2. The zero-order valence-electron chi connectivity index (χ0n) is 34.6. The monoisotopic (exact) mass is 854 g/mol. The van der Waals surface area contributed by atoms with Crippen LogP contribution in [-0.2, 0) is 0 Å². The molecule has 8 heterocycles. The molecule has 0 aromatic carbocycles. The first-order chi connectivity index (χ1) is 29.2. The number of aryl methyl sites for hydroxylation is 4. The molecule has 6 aromatic heterocycles. The average Bonchev–Trinajstić information content (AvgIpc) is 4.14. The molecular weight excluding hydrogens is 806 g/mol. The highest BCUT2D eigenvalue weighted by atomic mass is 35.5. The van der Waals surface area contributed by atoms with Crippen LogP contribution in [0.15, 0.2) is 49.6 Å². The van der Waals surface area contributed by atoms with Crippen molar-refractivity contribution in [1.82, 2.24) is 54.0 Å². The van der Waals surface area contributed by atoms with E-state index < -0.39 is 23.2 Å². The maximum atomic E-state index is 14.7. The minimum absolute atomic E-state index is 0.167.